The van der Waals surface area contributed by atoms with Crippen LogP contribution in [0.5, 0.6) is 0 Å². The van der Waals surface area contributed by atoms with Crippen LogP contribution >= 0.6 is 12.6 Å². The van der Waals surface area contributed by atoms with Gasteiger partial charge in [0.2, 0.25) is 0 Å². The van der Waals surface area contributed by atoms with Gasteiger partial charge in [-0.3, -0.25) is 4.90 Å². The molecule has 0 aliphatic heterocycles. The fourth-order valence-electron chi connectivity index (χ4n) is 1.51. The molecule has 0 N–H and O–H groups in total. The van der Waals surface area contributed by atoms with Crippen molar-refractivity contribution in [2.75, 3.05) is 18.8 Å². The molecular formula is C10H18N2S. The molecule has 74 valence electrons. The molecule has 0 aromatic heterocycles. The lowest BCUT2D eigenvalue weighted by Gasteiger charge is -2.23. The third-order valence-electron chi connectivity index (χ3n) is 2.43. The van der Waals surface area contributed by atoms with Crippen molar-refractivity contribution in [3.05, 3.63) is 0 Å². The lowest BCUT2D eigenvalue weighted by Crippen LogP contribution is -2.32. The first-order chi connectivity index (χ1) is 6.27. The van der Waals surface area contributed by atoms with E-state index in [0.717, 1.165) is 24.9 Å². The molecular weight excluding hydrogens is 180 g/mol. The van der Waals surface area contributed by atoms with Gasteiger partial charge in [-0.05, 0) is 24.5 Å². The van der Waals surface area contributed by atoms with Crippen LogP contribution in [0.1, 0.15) is 26.2 Å². The molecule has 0 aromatic rings. The number of thiol groups is 1. The Bertz CT molecular complexity index is 184. The quantitative estimate of drug-likeness (QED) is 0.660. The molecule has 1 atom stereocenters. The first kappa shape index (κ1) is 10.9. The molecule has 1 saturated carbocycles. The van der Waals surface area contributed by atoms with Gasteiger partial charge in [-0.25, -0.2) is 0 Å². The van der Waals surface area contributed by atoms with Gasteiger partial charge in [0.15, 0.2) is 0 Å². The van der Waals surface area contributed by atoms with Crippen LogP contribution in [0.2, 0.25) is 0 Å². The summed E-state index contributed by atoms with van der Waals surface area (Å²) in [7, 11) is 0. The Hall–Kier alpha value is -0.200. The Morgan fingerprint density at radius 1 is 1.62 bits per heavy atom. The van der Waals surface area contributed by atoms with Gasteiger partial charge in [0, 0.05) is 25.6 Å². The van der Waals surface area contributed by atoms with E-state index in [1.54, 1.807) is 0 Å². The molecule has 0 heterocycles. The molecule has 1 aliphatic carbocycles. The van der Waals surface area contributed by atoms with E-state index < -0.39 is 0 Å². The van der Waals surface area contributed by atoms with Crippen LogP contribution < -0.4 is 0 Å². The average molecular weight is 198 g/mol. The second kappa shape index (κ2) is 5.51. The van der Waals surface area contributed by atoms with Gasteiger partial charge < -0.3 is 0 Å². The lowest BCUT2D eigenvalue weighted by molar-refractivity contribution is 0.241. The maximum Gasteiger partial charge on any atom is 0.0635 e. The number of nitriles is 1. The van der Waals surface area contributed by atoms with Gasteiger partial charge in [-0.1, -0.05) is 6.92 Å². The van der Waals surface area contributed by atoms with Gasteiger partial charge >= 0.3 is 0 Å². The van der Waals surface area contributed by atoms with Crippen LogP contribution in [0.15, 0.2) is 0 Å². The molecule has 0 radical (unpaired) electrons. The van der Waals surface area contributed by atoms with Crippen LogP contribution in [0, 0.1) is 17.2 Å². The van der Waals surface area contributed by atoms with Crippen molar-refractivity contribution >= 4 is 12.6 Å². The van der Waals surface area contributed by atoms with Crippen molar-refractivity contribution in [3.63, 3.8) is 0 Å². The molecule has 1 aliphatic rings. The minimum atomic E-state index is 0.641. The SMILES string of the molecule is CC(CS)CN(CCC#N)C1CC1. The highest BCUT2D eigenvalue weighted by molar-refractivity contribution is 7.80. The molecule has 0 bridgehead atoms. The van der Waals surface area contributed by atoms with E-state index >= 15 is 0 Å². The summed E-state index contributed by atoms with van der Waals surface area (Å²) in [6.45, 7) is 4.27. The van der Waals surface area contributed by atoms with Gasteiger partial charge in [0.25, 0.3) is 0 Å². The summed E-state index contributed by atoms with van der Waals surface area (Å²) >= 11 is 4.28. The van der Waals surface area contributed by atoms with Crippen molar-refractivity contribution in [3.8, 4) is 6.07 Å². The highest BCUT2D eigenvalue weighted by atomic mass is 32.1. The third-order valence-corrected chi connectivity index (χ3v) is 3.06. The van der Waals surface area contributed by atoms with Gasteiger partial charge in [0.1, 0.15) is 0 Å². The van der Waals surface area contributed by atoms with Gasteiger partial charge in [0.05, 0.1) is 6.07 Å². The summed E-state index contributed by atoms with van der Waals surface area (Å²) in [5.74, 6) is 1.58. The van der Waals surface area contributed by atoms with E-state index in [1.807, 2.05) is 0 Å². The van der Waals surface area contributed by atoms with Crippen LogP contribution in [0.25, 0.3) is 0 Å². The standard InChI is InChI=1S/C10H18N2S/c1-9(8-13)7-12(6-2-5-11)10-3-4-10/h9-10,13H,2-4,6-8H2,1H3. The molecule has 3 heteroatoms. The Kier molecular flexibility index (Phi) is 4.61. The lowest BCUT2D eigenvalue weighted by atomic mass is 10.2. The Labute approximate surface area is 86.3 Å². The van der Waals surface area contributed by atoms with Crippen molar-refractivity contribution in [2.24, 2.45) is 5.92 Å². The summed E-state index contributed by atoms with van der Waals surface area (Å²) in [6, 6.07) is 2.99. The second-order valence-electron chi connectivity index (χ2n) is 3.92. The van der Waals surface area contributed by atoms with Crippen LogP contribution in [0.3, 0.4) is 0 Å². The van der Waals surface area contributed by atoms with Crippen LogP contribution in [0.4, 0.5) is 0 Å². The van der Waals surface area contributed by atoms with E-state index in [0.29, 0.717) is 12.3 Å². The van der Waals surface area contributed by atoms with E-state index in [1.165, 1.54) is 12.8 Å². The molecule has 1 fully saturated rings. The fourth-order valence-corrected chi connectivity index (χ4v) is 1.63. The van der Waals surface area contributed by atoms with E-state index in [-0.39, 0.29) is 0 Å². The zero-order valence-electron chi connectivity index (χ0n) is 8.24. The molecule has 2 nitrogen and oxygen atoms in total. The van der Waals surface area contributed by atoms with Crippen LogP contribution in [-0.2, 0) is 0 Å². The molecule has 1 rings (SSSR count). The molecule has 13 heavy (non-hydrogen) atoms. The van der Waals surface area contributed by atoms with E-state index in [9.17, 15) is 0 Å². The predicted octanol–water partition coefficient (Wildman–Crippen LogP) is 1.93. The first-order valence-electron chi connectivity index (χ1n) is 4.99. The van der Waals surface area contributed by atoms with Gasteiger partial charge in [-0.2, -0.15) is 17.9 Å². The minimum Gasteiger partial charge on any atom is -0.299 e. The highest BCUT2D eigenvalue weighted by Gasteiger charge is 2.28. The Balaban J connectivity index is 2.25. The summed E-state index contributed by atoms with van der Waals surface area (Å²) in [5, 5.41) is 8.52. The summed E-state index contributed by atoms with van der Waals surface area (Å²) in [5.41, 5.74) is 0. The van der Waals surface area contributed by atoms with Crippen molar-refractivity contribution < 1.29 is 0 Å². The Morgan fingerprint density at radius 2 is 2.31 bits per heavy atom. The second-order valence-corrected chi connectivity index (χ2v) is 4.29. The van der Waals surface area contributed by atoms with E-state index in [4.69, 9.17) is 5.26 Å². The molecule has 0 saturated heterocycles. The van der Waals surface area contributed by atoms with Crippen molar-refractivity contribution in [1.82, 2.24) is 4.90 Å². The normalized spacial score (nSPS) is 18.6. The number of rotatable bonds is 6. The smallest absolute Gasteiger partial charge is 0.0635 e. The third kappa shape index (κ3) is 4.02. The van der Waals surface area contributed by atoms with Crippen molar-refractivity contribution in [1.29, 1.82) is 5.26 Å². The largest absolute Gasteiger partial charge is 0.299 e. The maximum atomic E-state index is 8.52. The van der Waals surface area contributed by atoms with Gasteiger partial charge in [-0.15, -0.1) is 0 Å². The average Bonchev–Trinajstić information content (AvgIpc) is 2.94. The highest BCUT2D eigenvalue weighted by Crippen LogP contribution is 2.27. The zero-order chi connectivity index (χ0) is 9.68. The molecule has 0 aromatic carbocycles. The molecule has 0 amide bonds. The molecule has 0 spiro atoms. The summed E-state index contributed by atoms with van der Waals surface area (Å²) in [6.07, 6.45) is 3.31. The minimum absolute atomic E-state index is 0.641. The summed E-state index contributed by atoms with van der Waals surface area (Å²) < 4.78 is 0. The zero-order valence-corrected chi connectivity index (χ0v) is 9.13. The fraction of sp³-hybridized carbons (Fsp3) is 0.900. The number of hydrogen-bond acceptors (Lipinski definition) is 3. The topological polar surface area (TPSA) is 27.0 Å². The Morgan fingerprint density at radius 3 is 2.77 bits per heavy atom. The van der Waals surface area contributed by atoms with E-state index in [2.05, 4.69) is 30.5 Å². The summed E-state index contributed by atoms with van der Waals surface area (Å²) in [4.78, 5) is 2.45. The van der Waals surface area contributed by atoms with Crippen LogP contribution in [-0.4, -0.2) is 29.8 Å². The number of hydrogen-bond donors (Lipinski definition) is 1. The predicted molar refractivity (Wildman–Crippen MR) is 57.8 cm³/mol. The monoisotopic (exact) mass is 198 g/mol. The molecule has 1 unspecified atom stereocenters. The number of nitrogens with zero attached hydrogens (tertiary/aromatic N) is 2. The first-order valence-corrected chi connectivity index (χ1v) is 5.63. The maximum absolute atomic E-state index is 8.52. The van der Waals surface area contributed by atoms with Crippen molar-refractivity contribution in [2.45, 2.75) is 32.2 Å².